The van der Waals surface area contributed by atoms with Gasteiger partial charge in [-0.1, -0.05) is 18.2 Å². The molecule has 3 N–H and O–H groups in total. The van der Waals surface area contributed by atoms with E-state index in [0.717, 1.165) is 5.56 Å². The van der Waals surface area contributed by atoms with Crippen LogP contribution in [-0.4, -0.2) is 11.7 Å². The van der Waals surface area contributed by atoms with Gasteiger partial charge in [0.1, 0.15) is 11.6 Å². The molecule has 0 spiro atoms. The van der Waals surface area contributed by atoms with Gasteiger partial charge in [-0.2, -0.15) is 0 Å². The number of aliphatic hydroxyl groups is 1. The molecule has 0 saturated heterocycles. The van der Waals surface area contributed by atoms with Crippen LogP contribution in [0.2, 0.25) is 0 Å². The molecule has 0 fully saturated rings. The molecule has 0 radical (unpaired) electrons. The maximum Gasteiger partial charge on any atom is 0.123 e. The first-order valence-corrected chi connectivity index (χ1v) is 6.42. The van der Waals surface area contributed by atoms with E-state index in [0.29, 0.717) is 11.1 Å². The van der Waals surface area contributed by atoms with Crippen molar-refractivity contribution in [2.24, 2.45) is 5.73 Å². The summed E-state index contributed by atoms with van der Waals surface area (Å²) in [7, 11) is 0. The monoisotopic (exact) mass is 277 g/mol. The summed E-state index contributed by atoms with van der Waals surface area (Å²) < 4.78 is 26.1. The lowest BCUT2D eigenvalue weighted by Crippen LogP contribution is -2.20. The molecule has 2 rings (SSSR count). The largest absolute Gasteiger partial charge is 0.388 e. The molecule has 0 amide bonds. The van der Waals surface area contributed by atoms with Gasteiger partial charge < -0.3 is 10.8 Å². The molecular weight excluding hydrogens is 260 g/mol. The molecule has 2 unspecified atom stereocenters. The van der Waals surface area contributed by atoms with Crippen molar-refractivity contribution in [3.05, 3.63) is 70.8 Å². The van der Waals surface area contributed by atoms with Gasteiger partial charge in [0.2, 0.25) is 0 Å². The zero-order chi connectivity index (χ0) is 14.7. The number of aliphatic hydroxyl groups excluding tert-OH is 1. The van der Waals surface area contributed by atoms with E-state index in [2.05, 4.69) is 0 Å². The Kier molecular flexibility index (Phi) is 4.47. The van der Waals surface area contributed by atoms with Crippen molar-refractivity contribution in [2.75, 3.05) is 6.54 Å². The van der Waals surface area contributed by atoms with Crippen molar-refractivity contribution < 1.29 is 13.9 Å². The van der Waals surface area contributed by atoms with Crippen LogP contribution in [0.1, 0.15) is 28.7 Å². The molecule has 20 heavy (non-hydrogen) atoms. The van der Waals surface area contributed by atoms with Crippen molar-refractivity contribution in [3.8, 4) is 0 Å². The van der Waals surface area contributed by atoms with E-state index >= 15 is 0 Å². The minimum atomic E-state index is -0.855. The van der Waals surface area contributed by atoms with Crippen molar-refractivity contribution in [3.63, 3.8) is 0 Å². The Hall–Kier alpha value is -1.78. The van der Waals surface area contributed by atoms with Gasteiger partial charge in [0.05, 0.1) is 6.10 Å². The average molecular weight is 277 g/mol. The van der Waals surface area contributed by atoms with E-state index in [1.165, 1.54) is 24.3 Å². The highest BCUT2D eigenvalue weighted by Gasteiger charge is 2.23. The molecule has 2 aromatic carbocycles. The van der Waals surface area contributed by atoms with E-state index < -0.39 is 6.10 Å². The Morgan fingerprint density at radius 3 is 2.20 bits per heavy atom. The molecule has 2 aromatic rings. The van der Waals surface area contributed by atoms with Crippen LogP contribution in [0.3, 0.4) is 0 Å². The molecule has 2 nitrogen and oxygen atoms in total. The second-order valence-corrected chi connectivity index (χ2v) is 4.84. The number of aryl methyl sites for hydroxylation is 1. The maximum absolute atomic E-state index is 13.1. The van der Waals surface area contributed by atoms with Crippen LogP contribution in [0.25, 0.3) is 0 Å². The summed E-state index contributed by atoms with van der Waals surface area (Å²) in [6.07, 6.45) is -0.855. The number of rotatable bonds is 4. The number of halogens is 2. The standard InChI is InChI=1S/C16H17F2NO/c1-10-8-13(18)6-7-14(10)16(20)15(9-19)11-2-4-12(17)5-3-11/h2-8,15-16,20H,9,19H2,1H3. The minimum absolute atomic E-state index is 0.212. The van der Waals surface area contributed by atoms with E-state index in [1.807, 2.05) is 0 Å². The summed E-state index contributed by atoms with van der Waals surface area (Å²) in [5.41, 5.74) is 7.78. The number of nitrogens with two attached hydrogens (primary N) is 1. The molecule has 0 bridgehead atoms. The van der Waals surface area contributed by atoms with Gasteiger partial charge in [0.25, 0.3) is 0 Å². The summed E-state index contributed by atoms with van der Waals surface area (Å²) in [5, 5.41) is 10.5. The smallest absolute Gasteiger partial charge is 0.123 e. The molecule has 0 aliphatic carbocycles. The normalized spacial score (nSPS) is 14.1. The quantitative estimate of drug-likeness (QED) is 0.902. The number of benzene rings is 2. The fraction of sp³-hybridized carbons (Fsp3) is 0.250. The Labute approximate surface area is 116 Å². The third kappa shape index (κ3) is 3.03. The zero-order valence-electron chi connectivity index (χ0n) is 11.2. The third-order valence-electron chi connectivity index (χ3n) is 3.48. The highest BCUT2D eigenvalue weighted by atomic mass is 19.1. The highest BCUT2D eigenvalue weighted by molar-refractivity contribution is 5.33. The van der Waals surface area contributed by atoms with Crippen molar-refractivity contribution in [1.29, 1.82) is 0 Å². The van der Waals surface area contributed by atoms with Crippen LogP contribution in [-0.2, 0) is 0 Å². The van der Waals surface area contributed by atoms with Gasteiger partial charge in [-0.05, 0) is 47.9 Å². The lowest BCUT2D eigenvalue weighted by molar-refractivity contribution is 0.146. The second kappa shape index (κ2) is 6.11. The maximum atomic E-state index is 13.1. The predicted molar refractivity (Wildman–Crippen MR) is 74.3 cm³/mol. The minimum Gasteiger partial charge on any atom is -0.388 e. The number of hydrogen-bond acceptors (Lipinski definition) is 2. The van der Waals surface area contributed by atoms with Crippen molar-refractivity contribution in [1.82, 2.24) is 0 Å². The Balaban J connectivity index is 2.33. The first-order chi connectivity index (χ1) is 9.52. The van der Waals surface area contributed by atoms with Crippen LogP contribution in [0.5, 0.6) is 0 Å². The van der Waals surface area contributed by atoms with E-state index in [1.54, 1.807) is 25.1 Å². The topological polar surface area (TPSA) is 46.2 Å². The van der Waals surface area contributed by atoms with Gasteiger partial charge in [-0.25, -0.2) is 8.78 Å². The predicted octanol–water partition coefficient (Wildman–Crippen LogP) is 3.05. The molecule has 0 aromatic heterocycles. The van der Waals surface area contributed by atoms with Gasteiger partial charge in [0, 0.05) is 12.5 Å². The van der Waals surface area contributed by atoms with E-state index in [9.17, 15) is 13.9 Å². The summed E-state index contributed by atoms with van der Waals surface area (Å²) in [5.74, 6) is -1.04. The average Bonchev–Trinajstić information content (AvgIpc) is 2.41. The van der Waals surface area contributed by atoms with Gasteiger partial charge in [0.15, 0.2) is 0 Å². The van der Waals surface area contributed by atoms with Crippen molar-refractivity contribution >= 4 is 0 Å². The number of hydrogen-bond donors (Lipinski definition) is 2. The fourth-order valence-corrected chi connectivity index (χ4v) is 2.34. The SMILES string of the molecule is Cc1cc(F)ccc1C(O)C(CN)c1ccc(F)cc1. The van der Waals surface area contributed by atoms with Gasteiger partial charge in [-0.15, -0.1) is 0 Å². The Bertz CT molecular complexity index is 584. The lowest BCUT2D eigenvalue weighted by atomic mass is 9.87. The molecular formula is C16H17F2NO. The summed E-state index contributed by atoms with van der Waals surface area (Å²) in [4.78, 5) is 0. The van der Waals surface area contributed by atoms with Gasteiger partial charge in [-0.3, -0.25) is 0 Å². The van der Waals surface area contributed by atoms with Crippen LogP contribution < -0.4 is 5.73 Å². The second-order valence-electron chi connectivity index (χ2n) is 4.84. The van der Waals surface area contributed by atoms with Crippen molar-refractivity contribution in [2.45, 2.75) is 18.9 Å². The van der Waals surface area contributed by atoms with Crippen LogP contribution >= 0.6 is 0 Å². The third-order valence-corrected chi connectivity index (χ3v) is 3.48. The summed E-state index contributed by atoms with van der Waals surface area (Å²) >= 11 is 0. The first kappa shape index (κ1) is 14.6. The molecule has 0 aliphatic heterocycles. The summed E-state index contributed by atoms with van der Waals surface area (Å²) in [6.45, 7) is 1.95. The Morgan fingerprint density at radius 1 is 1.05 bits per heavy atom. The summed E-state index contributed by atoms with van der Waals surface area (Å²) in [6, 6.07) is 10.1. The molecule has 0 aliphatic rings. The molecule has 0 saturated carbocycles. The van der Waals surface area contributed by atoms with Crippen LogP contribution in [0.4, 0.5) is 8.78 Å². The molecule has 2 atom stereocenters. The molecule has 4 heteroatoms. The highest BCUT2D eigenvalue weighted by Crippen LogP contribution is 2.32. The molecule has 106 valence electrons. The first-order valence-electron chi connectivity index (χ1n) is 6.42. The Morgan fingerprint density at radius 2 is 1.65 bits per heavy atom. The fourth-order valence-electron chi connectivity index (χ4n) is 2.34. The van der Waals surface area contributed by atoms with E-state index in [4.69, 9.17) is 5.73 Å². The van der Waals surface area contributed by atoms with E-state index in [-0.39, 0.29) is 24.1 Å². The molecule has 0 heterocycles. The van der Waals surface area contributed by atoms with Gasteiger partial charge >= 0.3 is 0 Å². The lowest BCUT2D eigenvalue weighted by Gasteiger charge is -2.23. The van der Waals surface area contributed by atoms with Crippen LogP contribution in [0, 0.1) is 18.6 Å². The zero-order valence-corrected chi connectivity index (χ0v) is 11.2. The van der Waals surface area contributed by atoms with Crippen LogP contribution in [0.15, 0.2) is 42.5 Å².